The van der Waals surface area contributed by atoms with Gasteiger partial charge in [-0.25, -0.2) is 8.78 Å². The van der Waals surface area contributed by atoms with Crippen LogP contribution < -0.4 is 5.32 Å². The Hall–Kier alpha value is -1.34. The van der Waals surface area contributed by atoms with Crippen molar-refractivity contribution in [3.05, 3.63) is 34.1 Å². The highest BCUT2D eigenvalue weighted by atomic mass is 79.9. The second kappa shape index (κ2) is 5.57. The van der Waals surface area contributed by atoms with E-state index in [2.05, 4.69) is 31.4 Å². The molecule has 1 aliphatic rings. The number of nitrogens with one attached hydrogen (secondary N) is 1. The molecular formula is C13H12BrF2N3O. The van der Waals surface area contributed by atoms with Gasteiger partial charge in [0.15, 0.2) is 11.6 Å². The maximum Gasteiger partial charge on any atom is 0.230 e. The van der Waals surface area contributed by atoms with Crippen molar-refractivity contribution < 1.29 is 13.3 Å². The Balaban J connectivity index is 1.92. The van der Waals surface area contributed by atoms with E-state index in [0.717, 1.165) is 32.0 Å². The largest absolute Gasteiger partial charge is 0.339 e. The molecule has 0 unspecified atom stereocenters. The monoisotopic (exact) mass is 343 g/mol. The molecule has 106 valence electrons. The first-order chi connectivity index (χ1) is 9.66. The van der Waals surface area contributed by atoms with Crippen LogP contribution in [0.5, 0.6) is 0 Å². The summed E-state index contributed by atoms with van der Waals surface area (Å²) in [5, 5.41) is 7.12. The van der Waals surface area contributed by atoms with E-state index < -0.39 is 11.6 Å². The van der Waals surface area contributed by atoms with E-state index >= 15 is 0 Å². The summed E-state index contributed by atoms with van der Waals surface area (Å²) in [6, 6.07) is 2.48. The van der Waals surface area contributed by atoms with Gasteiger partial charge in [-0.15, -0.1) is 0 Å². The van der Waals surface area contributed by atoms with Crippen LogP contribution in [-0.2, 0) is 0 Å². The van der Waals surface area contributed by atoms with Gasteiger partial charge in [0.1, 0.15) is 0 Å². The van der Waals surface area contributed by atoms with Gasteiger partial charge in [-0.05, 0) is 54.0 Å². The summed E-state index contributed by atoms with van der Waals surface area (Å²) in [4.78, 5) is 4.31. The normalized spacial score (nSPS) is 16.6. The van der Waals surface area contributed by atoms with Gasteiger partial charge in [0, 0.05) is 11.5 Å². The molecule has 2 heterocycles. The quantitative estimate of drug-likeness (QED) is 0.850. The number of hydrogen-bond acceptors (Lipinski definition) is 4. The highest BCUT2D eigenvalue weighted by Crippen LogP contribution is 2.32. The average molecular weight is 344 g/mol. The zero-order chi connectivity index (χ0) is 14.1. The van der Waals surface area contributed by atoms with Gasteiger partial charge in [0.25, 0.3) is 0 Å². The van der Waals surface area contributed by atoms with Crippen molar-refractivity contribution in [1.29, 1.82) is 0 Å². The SMILES string of the molecule is Fc1ccc(-c2noc(C3CCNCC3)n2)c(Br)c1F. The lowest BCUT2D eigenvalue weighted by molar-refractivity contribution is 0.320. The Kier molecular flexibility index (Phi) is 3.80. The molecule has 20 heavy (non-hydrogen) atoms. The third-order valence-electron chi connectivity index (χ3n) is 3.41. The molecule has 0 aliphatic carbocycles. The van der Waals surface area contributed by atoms with E-state index in [1.54, 1.807) is 0 Å². The third kappa shape index (κ3) is 2.47. The predicted octanol–water partition coefficient (Wildman–Crippen LogP) is 3.24. The first-order valence-electron chi connectivity index (χ1n) is 6.35. The minimum absolute atomic E-state index is 0.00941. The molecule has 0 atom stereocenters. The Bertz CT molecular complexity index is 626. The van der Waals surface area contributed by atoms with Gasteiger partial charge in [0.2, 0.25) is 11.7 Å². The number of hydrogen-bond donors (Lipinski definition) is 1. The summed E-state index contributed by atoms with van der Waals surface area (Å²) in [6.07, 6.45) is 1.86. The lowest BCUT2D eigenvalue weighted by atomic mass is 9.98. The van der Waals surface area contributed by atoms with Crippen molar-refractivity contribution in [2.75, 3.05) is 13.1 Å². The number of aromatic nitrogens is 2. The number of piperidine rings is 1. The molecule has 1 aliphatic heterocycles. The minimum atomic E-state index is -0.948. The number of nitrogens with zero attached hydrogens (tertiary/aromatic N) is 2. The molecule has 1 aromatic heterocycles. The number of benzene rings is 1. The van der Waals surface area contributed by atoms with Gasteiger partial charge in [0.05, 0.1) is 4.47 Å². The zero-order valence-corrected chi connectivity index (χ0v) is 12.1. The Morgan fingerprint density at radius 3 is 2.75 bits per heavy atom. The third-order valence-corrected chi connectivity index (χ3v) is 4.18. The van der Waals surface area contributed by atoms with Gasteiger partial charge < -0.3 is 9.84 Å². The number of rotatable bonds is 2. The fraction of sp³-hybridized carbons (Fsp3) is 0.385. The van der Waals surface area contributed by atoms with Crippen LogP contribution in [0.2, 0.25) is 0 Å². The first kappa shape index (κ1) is 13.6. The van der Waals surface area contributed by atoms with E-state index in [-0.39, 0.29) is 16.2 Å². The van der Waals surface area contributed by atoms with Gasteiger partial charge in [-0.2, -0.15) is 4.98 Å². The highest BCUT2D eigenvalue weighted by molar-refractivity contribution is 9.10. The smallest absolute Gasteiger partial charge is 0.230 e. The summed E-state index contributed by atoms with van der Waals surface area (Å²) < 4.78 is 31.9. The zero-order valence-electron chi connectivity index (χ0n) is 10.5. The second-order valence-corrected chi connectivity index (χ2v) is 5.50. The summed E-state index contributed by atoms with van der Waals surface area (Å²) in [5.74, 6) is -0.817. The van der Waals surface area contributed by atoms with E-state index in [9.17, 15) is 8.78 Å². The van der Waals surface area contributed by atoms with Crippen LogP contribution in [0.3, 0.4) is 0 Å². The maximum atomic E-state index is 13.5. The Morgan fingerprint density at radius 2 is 2.00 bits per heavy atom. The van der Waals surface area contributed by atoms with E-state index in [1.165, 1.54) is 6.07 Å². The molecule has 0 radical (unpaired) electrons. The molecule has 0 saturated carbocycles. The minimum Gasteiger partial charge on any atom is -0.339 e. The lowest BCUT2D eigenvalue weighted by Crippen LogP contribution is -2.26. The van der Waals surface area contributed by atoms with Gasteiger partial charge >= 0.3 is 0 Å². The molecule has 1 saturated heterocycles. The van der Waals surface area contributed by atoms with E-state index in [0.29, 0.717) is 11.5 Å². The van der Waals surface area contributed by atoms with Gasteiger partial charge in [-0.1, -0.05) is 5.16 Å². The van der Waals surface area contributed by atoms with Crippen LogP contribution in [0.15, 0.2) is 21.1 Å². The molecule has 4 nitrogen and oxygen atoms in total. The van der Waals surface area contributed by atoms with Crippen LogP contribution in [-0.4, -0.2) is 23.2 Å². The van der Waals surface area contributed by atoms with E-state index in [4.69, 9.17) is 4.52 Å². The Morgan fingerprint density at radius 1 is 1.25 bits per heavy atom. The van der Waals surface area contributed by atoms with Crippen LogP contribution in [0.25, 0.3) is 11.4 Å². The van der Waals surface area contributed by atoms with Crippen molar-refractivity contribution >= 4 is 15.9 Å². The average Bonchev–Trinajstić information content (AvgIpc) is 2.95. The first-order valence-corrected chi connectivity index (χ1v) is 7.14. The van der Waals surface area contributed by atoms with Crippen molar-refractivity contribution in [3.63, 3.8) is 0 Å². The fourth-order valence-corrected chi connectivity index (χ4v) is 2.78. The highest BCUT2D eigenvalue weighted by Gasteiger charge is 2.23. The van der Waals surface area contributed by atoms with Crippen molar-refractivity contribution in [2.45, 2.75) is 18.8 Å². The topological polar surface area (TPSA) is 51.0 Å². The van der Waals surface area contributed by atoms with Crippen molar-refractivity contribution in [2.24, 2.45) is 0 Å². The lowest BCUT2D eigenvalue weighted by Gasteiger charge is -2.18. The van der Waals surface area contributed by atoms with Crippen LogP contribution in [0, 0.1) is 11.6 Å². The van der Waals surface area contributed by atoms with Crippen LogP contribution >= 0.6 is 15.9 Å². The van der Waals surface area contributed by atoms with Crippen molar-refractivity contribution in [3.8, 4) is 11.4 Å². The standard InChI is InChI=1S/C13H12BrF2N3O/c14-10-8(1-2-9(15)11(10)16)12-18-13(20-19-12)7-3-5-17-6-4-7/h1-2,7,17H,3-6H2. The van der Waals surface area contributed by atoms with Crippen molar-refractivity contribution in [1.82, 2.24) is 15.5 Å². The summed E-state index contributed by atoms with van der Waals surface area (Å²) >= 11 is 3.03. The van der Waals surface area contributed by atoms with Crippen LogP contribution in [0.4, 0.5) is 8.78 Å². The molecule has 7 heteroatoms. The molecule has 3 rings (SSSR count). The molecule has 1 fully saturated rings. The molecule has 2 aromatic rings. The number of halogens is 3. The van der Waals surface area contributed by atoms with Crippen LogP contribution in [0.1, 0.15) is 24.7 Å². The molecule has 0 spiro atoms. The van der Waals surface area contributed by atoms with Gasteiger partial charge in [-0.3, -0.25) is 0 Å². The second-order valence-electron chi connectivity index (χ2n) is 4.70. The molecule has 1 N–H and O–H groups in total. The molecule has 0 bridgehead atoms. The summed E-state index contributed by atoms with van der Waals surface area (Å²) in [5.41, 5.74) is 0.382. The summed E-state index contributed by atoms with van der Waals surface area (Å²) in [6.45, 7) is 1.83. The van der Waals surface area contributed by atoms with E-state index in [1.807, 2.05) is 0 Å². The molecule has 0 amide bonds. The molecule has 1 aromatic carbocycles. The predicted molar refractivity (Wildman–Crippen MR) is 72.2 cm³/mol. The summed E-state index contributed by atoms with van der Waals surface area (Å²) in [7, 11) is 0. The Labute approximate surface area is 122 Å². The molecular weight excluding hydrogens is 332 g/mol. The maximum absolute atomic E-state index is 13.5. The fourth-order valence-electron chi connectivity index (χ4n) is 2.28.